The Bertz CT molecular complexity index is 343. The van der Waals surface area contributed by atoms with Crippen LogP contribution in [0.5, 0.6) is 0 Å². The highest BCUT2D eigenvalue weighted by molar-refractivity contribution is 7.91. The minimum atomic E-state index is -2.75. The third-order valence-corrected chi connectivity index (χ3v) is 5.55. The van der Waals surface area contributed by atoms with Gasteiger partial charge in [0.25, 0.3) is 0 Å². The topological polar surface area (TPSA) is 46.2 Å². The molecule has 18 heavy (non-hydrogen) atoms. The molecule has 0 aromatic heterocycles. The van der Waals surface area contributed by atoms with Gasteiger partial charge in [-0.3, -0.25) is 0 Å². The van der Waals surface area contributed by atoms with Crippen molar-refractivity contribution in [3.8, 4) is 0 Å². The summed E-state index contributed by atoms with van der Waals surface area (Å²) in [5.41, 5.74) is 0.113. The van der Waals surface area contributed by atoms with Crippen LogP contribution >= 0.6 is 0 Å². The maximum atomic E-state index is 11.6. The summed E-state index contributed by atoms with van der Waals surface area (Å²) in [6, 6.07) is 0. The molecular weight excluding hydrogens is 246 g/mol. The number of rotatable bonds is 6. The zero-order valence-corrected chi connectivity index (χ0v) is 13.1. The molecular formula is C14H29NO2S. The Balaban J connectivity index is 2.55. The summed E-state index contributed by atoms with van der Waals surface area (Å²) in [6.45, 7) is 9.63. The van der Waals surface area contributed by atoms with E-state index in [4.69, 9.17) is 0 Å². The zero-order chi connectivity index (χ0) is 13.8. The molecule has 1 heterocycles. The Morgan fingerprint density at radius 2 is 2.00 bits per heavy atom. The number of sulfone groups is 1. The van der Waals surface area contributed by atoms with Gasteiger partial charge in [0.1, 0.15) is 0 Å². The Morgan fingerprint density at radius 1 is 1.33 bits per heavy atom. The van der Waals surface area contributed by atoms with E-state index in [9.17, 15) is 8.42 Å². The number of unbranched alkanes of at least 4 members (excludes halogenated alkanes) is 1. The quantitative estimate of drug-likeness (QED) is 0.810. The summed E-state index contributed by atoms with van der Waals surface area (Å²) >= 11 is 0. The monoisotopic (exact) mass is 275 g/mol. The lowest BCUT2D eigenvalue weighted by Gasteiger charge is -2.28. The SMILES string of the molecule is CCCCC(CNC(C)(C)C)C1CCS(=O)(=O)C1. The van der Waals surface area contributed by atoms with E-state index in [1.807, 2.05) is 0 Å². The van der Waals surface area contributed by atoms with E-state index in [1.165, 1.54) is 12.8 Å². The molecule has 1 rings (SSSR count). The molecule has 0 aromatic rings. The molecule has 0 spiro atoms. The highest BCUT2D eigenvalue weighted by atomic mass is 32.2. The maximum absolute atomic E-state index is 11.6. The van der Waals surface area contributed by atoms with Crippen LogP contribution in [0.2, 0.25) is 0 Å². The van der Waals surface area contributed by atoms with Gasteiger partial charge in [0.2, 0.25) is 0 Å². The normalized spacial score (nSPS) is 25.2. The molecule has 2 unspecified atom stereocenters. The Kier molecular flexibility index (Phi) is 5.66. The van der Waals surface area contributed by atoms with Crippen LogP contribution in [-0.2, 0) is 9.84 Å². The Labute approximate surface area is 113 Å². The molecule has 2 atom stereocenters. The van der Waals surface area contributed by atoms with Crippen LogP contribution in [0.4, 0.5) is 0 Å². The lowest BCUT2D eigenvalue weighted by Crippen LogP contribution is -2.41. The van der Waals surface area contributed by atoms with Gasteiger partial charge in [0, 0.05) is 5.54 Å². The molecule has 0 aliphatic carbocycles. The fraction of sp³-hybridized carbons (Fsp3) is 1.00. The fourth-order valence-corrected chi connectivity index (χ4v) is 4.52. The van der Waals surface area contributed by atoms with Crippen LogP contribution in [-0.4, -0.2) is 32.0 Å². The van der Waals surface area contributed by atoms with Crippen molar-refractivity contribution in [2.24, 2.45) is 11.8 Å². The summed E-state index contributed by atoms with van der Waals surface area (Å²) in [7, 11) is -2.75. The standard InChI is InChI=1S/C14H29NO2S/c1-5-6-7-12(10-15-14(2,3)4)13-8-9-18(16,17)11-13/h12-13,15H,5-11H2,1-4H3. The second-order valence-corrected chi connectivity index (χ2v) is 8.93. The lowest BCUT2D eigenvalue weighted by atomic mass is 9.87. The van der Waals surface area contributed by atoms with E-state index < -0.39 is 9.84 Å². The van der Waals surface area contributed by atoms with Crippen molar-refractivity contribution >= 4 is 9.84 Å². The van der Waals surface area contributed by atoms with E-state index in [2.05, 4.69) is 33.0 Å². The van der Waals surface area contributed by atoms with Gasteiger partial charge >= 0.3 is 0 Å². The third kappa shape index (κ3) is 5.70. The molecule has 1 saturated heterocycles. The second kappa shape index (κ2) is 6.38. The van der Waals surface area contributed by atoms with Crippen molar-refractivity contribution in [1.82, 2.24) is 5.32 Å². The summed E-state index contributed by atoms with van der Waals surface area (Å²) in [5, 5.41) is 3.54. The van der Waals surface area contributed by atoms with Crippen molar-refractivity contribution in [1.29, 1.82) is 0 Å². The first-order valence-corrected chi connectivity index (χ1v) is 9.01. The van der Waals surface area contributed by atoms with Crippen molar-refractivity contribution in [2.45, 2.75) is 58.9 Å². The van der Waals surface area contributed by atoms with Crippen molar-refractivity contribution in [2.75, 3.05) is 18.1 Å². The van der Waals surface area contributed by atoms with Crippen molar-refractivity contribution < 1.29 is 8.42 Å². The molecule has 1 N–H and O–H groups in total. The zero-order valence-electron chi connectivity index (χ0n) is 12.3. The first-order valence-electron chi connectivity index (χ1n) is 7.19. The molecule has 1 aliphatic heterocycles. The largest absolute Gasteiger partial charge is 0.312 e. The van der Waals surface area contributed by atoms with Crippen LogP contribution in [0.15, 0.2) is 0 Å². The predicted octanol–water partition coefficient (Wildman–Crippen LogP) is 2.62. The average Bonchev–Trinajstić information content (AvgIpc) is 2.57. The molecule has 1 fully saturated rings. The molecule has 0 saturated carbocycles. The van der Waals surface area contributed by atoms with Gasteiger partial charge in [-0.15, -0.1) is 0 Å². The first-order chi connectivity index (χ1) is 8.23. The molecule has 4 heteroatoms. The van der Waals surface area contributed by atoms with Gasteiger partial charge in [0.15, 0.2) is 9.84 Å². The number of hydrogen-bond donors (Lipinski definition) is 1. The van der Waals surface area contributed by atoms with Crippen LogP contribution in [0, 0.1) is 11.8 Å². The third-order valence-electron chi connectivity index (χ3n) is 3.76. The van der Waals surface area contributed by atoms with Gasteiger partial charge in [0.05, 0.1) is 11.5 Å². The maximum Gasteiger partial charge on any atom is 0.150 e. The molecule has 0 bridgehead atoms. The van der Waals surface area contributed by atoms with Crippen molar-refractivity contribution in [3.05, 3.63) is 0 Å². The molecule has 108 valence electrons. The van der Waals surface area contributed by atoms with Gasteiger partial charge < -0.3 is 5.32 Å². The minimum absolute atomic E-state index is 0.113. The van der Waals surface area contributed by atoms with E-state index in [-0.39, 0.29) is 5.54 Å². The molecule has 0 aromatic carbocycles. The van der Waals surface area contributed by atoms with Gasteiger partial charge in [-0.1, -0.05) is 19.8 Å². The summed E-state index contributed by atoms with van der Waals surface area (Å²) < 4.78 is 23.2. The van der Waals surface area contributed by atoms with Crippen LogP contribution < -0.4 is 5.32 Å². The Hall–Kier alpha value is -0.0900. The molecule has 0 amide bonds. The highest BCUT2D eigenvalue weighted by Gasteiger charge is 2.33. The molecule has 3 nitrogen and oxygen atoms in total. The summed E-state index contributed by atoms with van der Waals surface area (Å²) in [5.74, 6) is 1.70. The van der Waals surface area contributed by atoms with Crippen LogP contribution in [0.25, 0.3) is 0 Å². The average molecular weight is 275 g/mol. The van der Waals surface area contributed by atoms with Gasteiger partial charge in [-0.05, 0) is 52.0 Å². The highest BCUT2D eigenvalue weighted by Crippen LogP contribution is 2.29. The van der Waals surface area contributed by atoms with Crippen molar-refractivity contribution in [3.63, 3.8) is 0 Å². The lowest BCUT2D eigenvalue weighted by molar-refractivity contribution is 0.284. The summed E-state index contributed by atoms with van der Waals surface area (Å²) in [6.07, 6.45) is 4.40. The number of nitrogens with one attached hydrogen (secondary N) is 1. The molecule has 1 aliphatic rings. The number of hydrogen-bond acceptors (Lipinski definition) is 3. The van der Waals surface area contributed by atoms with Crippen LogP contribution in [0.1, 0.15) is 53.4 Å². The summed E-state index contributed by atoms with van der Waals surface area (Å²) in [4.78, 5) is 0. The van der Waals surface area contributed by atoms with E-state index in [0.717, 1.165) is 19.4 Å². The fourth-order valence-electron chi connectivity index (χ4n) is 2.60. The van der Waals surface area contributed by atoms with Gasteiger partial charge in [-0.2, -0.15) is 0 Å². The van der Waals surface area contributed by atoms with Gasteiger partial charge in [-0.25, -0.2) is 8.42 Å². The van der Waals surface area contributed by atoms with E-state index in [0.29, 0.717) is 23.3 Å². The molecule has 0 radical (unpaired) electrons. The van der Waals surface area contributed by atoms with E-state index in [1.54, 1.807) is 0 Å². The first kappa shape index (κ1) is 16.0. The smallest absolute Gasteiger partial charge is 0.150 e. The Morgan fingerprint density at radius 3 is 2.44 bits per heavy atom. The minimum Gasteiger partial charge on any atom is -0.312 e. The van der Waals surface area contributed by atoms with E-state index >= 15 is 0 Å². The second-order valence-electron chi connectivity index (χ2n) is 6.70. The predicted molar refractivity (Wildman–Crippen MR) is 77.5 cm³/mol. The van der Waals surface area contributed by atoms with Crippen LogP contribution in [0.3, 0.4) is 0 Å².